The first-order valence-electron chi connectivity index (χ1n) is 10.6. The Morgan fingerprint density at radius 3 is 2.45 bits per heavy atom. The van der Waals surface area contributed by atoms with Crippen LogP contribution < -0.4 is 10.6 Å². The molecule has 0 bridgehead atoms. The molecule has 0 radical (unpaired) electrons. The van der Waals surface area contributed by atoms with E-state index in [9.17, 15) is 4.79 Å². The van der Waals surface area contributed by atoms with Gasteiger partial charge >= 0.3 is 0 Å². The number of nitrogens with zero attached hydrogens (tertiary/aromatic N) is 3. The summed E-state index contributed by atoms with van der Waals surface area (Å²) in [4.78, 5) is 23.9. The second-order valence-corrected chi connectivity index (χ2v) is 9.55. The molecule has 0 saturated heterocycles. The lowest BCUT2D eigenvalue weighted by Gasteiger charge is -2.42. The van der Waals surface area contributed by atoms with Crippen molar-refractivity contribution in [2.75, 3.05) is 10.7 Å². The first-order valence-corrected chi connectivity index (χ1v) is 12.0. The van der Waals surface area contributed by atoms with Crippen LogP contribution in [0.5, 0.6) is 0 Å². The highest BCUT2D eigenvalue weighted by Gasteiger charge is 2.50. The Kier molecular flexibility index (Phi) is 6.39. The van der Waals surface area contributed by atoms with E-state index in [1.54, 1.807) is 0 Å². The lowest BCUT2D eigenvalue weighted by Crippen LogP contribution is -2.53. The number of primary amides is 1. The Hall–Kier alpha value is -2.31. The monoisotopic (exact) mass is 454 g/mol. The summed E-state index contributed by atoms with van der Waals surface area (Å²) in [6.45, 7) is 4.15. The van der Waals surface area contributed by atoms with Crippen molar-refractivity contribution in [1.82, 2.24) is 0 Å². The highest BCUT2D eigenvalue weighted by atomic mass is 35.5. The molecule has 31 heavy (non-hydrogen) atoms. The number of hydrogen-bond acceptors (Lipinski definition) is 4. The molecule has 1 spiro atoms. The number of carbonyl (C=O) groups excluding carboxylic acids is 1. The van der Waals surface area contributed by atoms with Gasteiger partial charge in [-0.1, -0.05) is 73.0 Å². The molecule has 7 heteroatoms. The van der Waals surface area contributed by atoms with Crippen LogP contribution in [0.2, 0.25) is 5.02 Å². The van der Waals surface area contributed by atoms with Crippen molar-refractivity contribution in [3.05, 3.63) is 58.6 Å². The minimum Gasteiger partial charge on any atom is -0.369 e. The lowest BCUT2D eigenvalue weighted by molar-refractivity contribution is -0.115. The van der Waals surface area contributed by atoms with E-state index in [1.807, 2.05) is 30.3 Å². The van der Waals surface area contributed by atoms with Crippen LogP contribution in [0.15, 0.2) is 52.4 Å². The third-order valence-corrected chi connectivity index (χ3v) is 7.29. The number of amidine groups is 2. The fraction of sp³-hybridized carbons (Fsp3) is 0.375. The molecular weight excluding hydrogens is 428 g/mol. The Morgan fingerprint density at radius 1 is 1.13 bits per heavy atom. The third-order valence-electron chi connectivity index (χ3n) is 6.01. The molecule has 5 nitrogen and oxygen atoms in total. The van der Waals surface area contributed by atoms with Gasteiger partial charge < -0.3 is 10.6 Å². The molecular formula is C24H27ClN4OS. The van der Waals surface area contributed by atoms with Crippen molar-refractivity contribution in [2.45, 2.75) is 51.5 Å². The largest absolute Gasteiger partial charge is 0.369 e. The van der Waals surface area contributed by atoms with Crippen molar-refractivity contribution in [1.29, 1.82) is 0 Å². The molecule has 1 saturated carbocycles. The Morgan fingerprint density at radius 2 is 1.81 bits per heavy atom. The number of rotatable bonds is 4. The molecule has 1 fully saturated rings. The van der Waals surface area contributed by atoms with Crippen LogP contribution in [0.3, 0.4) is 0 Å². The van der Waals surface area contributed by atoms with E-state index in [0.717, 1.165) is 59.2 Å². The number of anilines is 1. The van der Waals surface area contributed by atoms with Gasteiger partial charge in [-0.3, -0.25) is 4.79 Å². The van der Waals surface area contributed by atoms with Gasteiger partial charge in [0, 0.05) is 0 Å². The first-order chi connectivity index (χ1) is 14.9. The maximum absolute atomic E-state index is 11.6. The second kappa shape index (κ2) is 9.05. The lowest BCUT2D eigenvalue weighted by atomic mass is 9.79. The van der Waals surface area contributed by atoms with Gasteiger partial charge in [-0.15, -0.1) is 0 Å². The molecule has 1 amide bonds. The van der Waals surface area contributed by atoms with Crippen LogP contribution in [0.1, 0.15) is 43.2 Å². The molecule has 2 aromatic carbocycles. The summed E-state index contributed by atoms with van der Waals surface area (Å²) in [5.41, 5.74) is 9.19. The van der Waals surface area contributed by atoms with Gasteiger partial charge in [0.2, 0.25) is 5.91 Å². The zero-order valence-electron chi connectivity index (χ0n) is 17.9. The molecule has 2 aromatic rings. The Labute approximate surface area is 192 Å². The molecule has 2 N–H and O–H groups in total. The van der Waals surface area contributed by atoms with Gasteiger partial charge in [0.15, 0.2) is 11.0 Å². The minimum absolute atomic E-state index is 0.159. The molecule has 0 aromatic heterocycles. The SMILES string of the molecule is Cc1cccc(C)c1N=C1N=C(SCC(N)=O)N(c2ccccc2Cl)C12CCCCC2. The van der Waals surface area contributed by atoms with Crippen molar-refractivity contribution in [3.63, 3.8) is 0 Å². The van der Waals surface area contributed by atoms with Gasteiger partial charge in [0.05, 0.1) is 22.2 Å². The summed E-state index contributed by atoms with van der Waals surface area (Å²) >= 11 is 8.01. The van der Waals surface area contributed by atoms with E-state index >= 15 is 0 Å². The van der Waals surface area contributed by atoms with Gasteiger partial charge in [-0.25, -0.2) is 9.98 Å². The smallest absolute Gasteiger partial charge is 0.227 e. The highest BCUT2D eigenvalue weighted by Crippen LogP contribution is 2.46. The molecule has 2 aliphatic rings. The zero-order valence-corrected chi connectivity index (χ0v) is 19.5. The quantitative estimate of drug-likeness (QED) is 0.636. The number of nitrogens with two attached hydrogens (primary N) is 1. The van der Waals surface area contributed by atoms with Crippen LogP contribution >= 0.6 is 23.4 Å². The third kappa shape index (κ3) is 4.23. The van der Waals surface area contributed by atoms with Crippen LogP contribution in [-0.2, 0) is 4.79 Å². The fourth-order valence-corrected chi connectivity index (χ4v) is 5.57. The normalized spacial score (nSPS) is 19.1. The van der Waals surface area contributed by atoms with Crippen molar-refractivity contribution >= 4 is 51.6 Å². The number of para-hydroxylation sites is 2. The number of carbonyl (C=O) groups is 1. The molecule has 1 aliphatic heterocycles. The maximum atomic E-state index is 11.6. The molecule has 162 valence electrons. The second-order valence-electron chi connectivity index (χ2n) is 8.20. The number of aliphatic imine (C=N–C) groups is 2. The van der Waals surface area contributed by atoms with Crippen molar-refractivity contribution < 1.29 is 4.79 Å². The van der Waals surface area contributed by atoms with Crippen LogP contribution in [0.25, 0.3) is 0 Å². The van der Waals surface area contributed by atoms with E-state index in [2.05, 4.69) is 30.9 Å². The number of hydrogen-bond donors (Lipinski definition) is 1. The highest BCUT2D eigenvalue weighted by molar-refractivity contribution is 8.14. The van der Waals surface area contributed by atoms with E-state index in [-0.39, 0.29) is 17.2 Å². The average Bonchev–Trinajstić information content (AvgIpc) is 3.02. The summed E-state index contributed by atoms with van der Waals surface area (Å²) in [6, 6.07) is 14.0. The van der Waals surface area contributed by atoms with Gasteiger partial charge in [0.1, 0.15) is 5.54 Å². The topological polar surface area (TPSA) is 71.0 Å². The van der Waals surface area contributed by atoms with Gasteiger partial charge in [-0.05, 0) is 49.9 Å². The van der Waals surface area contributed by atoms with Gasteiger partial charge in [-0.2, -0.15) is 0 Å². The Bertz CT molecular complexity index is 1040. The van der Waals surface area contributed by atoms with Gasteiger partial charge in [0.25, 0.3) is 0 Å². The summed E-state index contributed by atoms with van der Waals surface area (Å²) in [5, 5.41) is 1.40. The molecule has 0 unspecified atom stereocenters. The van der Waals surface area contributed by atoms with Crippen LogP contribution in [0.4, 0.5) is 11.4 Å². The molecule has 0 atom stereocenters. The number of benzene rings is 2. The number of aryl methyl sites for hydroxylation is 2. The van der Waals surface area contributed by atoms with E-state index in [0.29, 0.717) is 5.02 Å². The van der Waals surface area contributed by atoms with Crippen LogP contribution in [-0.4, -0.2) is 28.2 Å². The predicted molar refractivity (Wildman–Crippen MR) is 132 cm³/mol. The van der Waals surface area contributed by atoms with E-state index < -0.39 is 0 Å². The van der Waals surface area contributed by atoms with Crippen molar-refractivity contribution in [2.24, 2.45) is 15.7 Å². The summed E-state index contributed by atoms with van der Waals surface area (Å²) in [6.07, 6.45) is 5.25. The van der Waals surface area contributed by atoms with Crippen molar-refractivity contribution in [3.8, 4) is 0 Å². The number of halogens is 1. The van der Waals surface area contributed by atoms with Crippen LogP contribution in [0, 0.1) is 13.8 Å². The van der Waals surface area contributed by atoms with E-state index in [1.165, 1.54) is 18.2 Å². The molecule has 1 aliphatic carbocycles. The summed E-state index contributed by atoms with van der Waals surface area (Å²) in [5.74, 6) is 0.591. The first kappa shape index (κ1) is 21.9. The average molecular weight is 455 g/mol. The molecule has 1 heterocycles. The predicted octanol–water partition coefficient (Wildman–Crippen LogP) is 5.78. The minimum atomic E-state index is -0.377. The number of thioether (sulfide) groups is 1. The number of amides is 1. The summed E-state index contributed by atoms with van der Waals surface area (Å²) < 4.78 is 0. The maximum Gasteiger partial charge on any atom is 0.227 e. The zero-order chi connectivity index (χ0) is 22.0. The fourth-order valence-electron chi connectivity index (χ4n) is 4.53. The molecule has 4 rings (SSSR count). The van der Waals surface area contributed by atoms with E-state index in [4.69, 9.17) is 27.3 Å². The Balaban J connectivity index is 1.90. The standard InChI is InChI=1S/C24H27ClN4OS/c1-16-9-8-10-17(2)21(16)27-22-24(13-6-3-7-14-24)29(19-12-5-4-11-18(19)25)23(28-22)31-15-20(26)30/h4-5,8-12H,3,6-7,13-15H2,1-2H3,(H2,26,30). The summed E-state index contributed by atoms with van der Waals surface area (Å²) in [7, 11) is 0.